The van der Waals surface area contributed by atoms with Crippen LogP contribution in [0.4, 0.5) is 5.69 Å². The number of aryl methyl sites for hydroxylation is 1. The summed E-state index contributed by atoms with van der Waals surface area (Å²) in [6.45, 7) is 6.94. The van der Waals surface area contributed by atoms with E-state index in [1.807, 2.05) is 13.8 Å². The molecule has 2 heterocycles. The summed E-state index contributed by atoms with van der Waals surface area (Å²) in [5, 5.41) is 3.52. The van der Waals surface area contributed by atoms with Gasteiger partial charge >= 0.3 is 0 Å². The van der Waals surface area contributed by atoms with E-state index in [-0.39, 0.29) is 18.0 Å². The van der Waals surface area contributed by atoms with Gasteiger partial charge in [0.25, 0.3) is 5.56 Å². The van der Waals surface area contributed by atoms with Crippen molar-refractivity contribution in [3.63, 3.8) is 0 Å². The molecule has 7 nitrogen and oxygen atoms in total. The summed E-state index contributed by atoms with van der Waals surface area (Å²) < 4.78 is 12.6. The molecule has 1 N–H and O–H groups in total. The average molecular weight is 442 g/mol. The van der Waals surface area contributed by atoms with Crippen molar-refractivity contribution < 1.29 is 14.3 Å². The van der Waals surface area contributed by atoms with E-state index in [2.05, 4.69) is 17.2 Å². The summed E-state index contributed by atoms with van der Waals surface area (Å²) in [5.74, 6) is 1.53. The number of carbonyl (C=O) groups excluding carboxylic acids is 1. The fourth-order valence-corrected chi connectivity index (χ4v) is 5.30. The van der Waals surface area contributed by atoms with Crippen LogP contribution in [0.2, 0.25) is 0 Å². The molecule has 0 saturated carbocycles. The minimum Gasteiger partial charge on any atom is -0.490 e. The highest BCUT2D eigenvalue weighted by molar-refractivity contribution is 7.18. The van der Waals surface area contributed by atoms with E-state index in [0.717, 1.165) is 29.7 Å². The number of anilines is 1. The first kappa shape index (κ1) is 21.4. The molecule has 0 radical (unpaired) electrons. The molecule has 0 saturated heterocycles. The predicted octanol–water partition coefficient (Wildman–Crippen LogP) is 4.02. The van der Waals surface area contributed by atoms with Gasteiger partial charge in [0.05, 0.1) is 24.9 Å². The molecule has 0 fully saturated rings. The van der Waals surface area contributed by atoms with Gasteiger partial charge < -0.3 is 14.8 Å². The predicted molar refractivity (Wildman–Crippen MR) is 122 cm³/mol. The molecule has 1 unspecified atom stereocenters. The molecule has 3 aromatic rings. The Morgan fingerprint density at radius 3 is 2.81 bits per heavy atom. The standard InChI is InChI=1S/C23H27N3O4S/c1-4-29-17-9-7-15(11-18(17)30-5-2)25-20(27)12-26-13-24-22-21(23(26)28)16-8-6-14(3)10-19(16)31-22/h7,9,11,13-14H,4-6,8,10,12H2,1-3H3,(H,25,27). The monoisotopic (exact) mass is 441 g/mol. The number of hydrogen-bond donors (Lipinski definition) is 1. The van der Waals surface area contributed by atoms with E-state index in [4.69, 9.17) is 9.47 Å². The first-order chi connectivity index (χ1) is 15.0. The highest BCUT2D eigenvalue weighted by Gasteiger charge is 2.23. The largest absolute Gasteiger partial charge is 0.490 e. The lowest BCUT2D eigenvalue weighted by Gasteiger charge is -2.17. The van der Waals surface area contributed by atoms with E-state index >= 15 is 0 Å². The normalized spacial score (nSPS) is 15.5. The van der Waals surface area contributed by atoms with Crippen molar-refractivity contribution in [3.8, 4) is 11.5 Å². The summed E-state index contributed by atoms with van der Waals surface area (Å²) in [6, 6.07) is 5.25. The summed E-state index contributed by atoms with van der Waals surface area (Å²) in [6.07, 6.45) is 4.44. The van der Waals surface area contributed by atoms with E-state index < -0.39 is 0 Å². The van der Waals surface area contributed by atoms with Crippen molar-refractivity contribution in [1.82, 2.24) is 9.55 Å². The number of nitrogens with zero attached hydrogens (tertiary/aromatic N) is 2. The van der Waals surface area contributed by atoms with Crippen molar-refractivity contribution in [2.75, 3.05) is 18.5 Å². The molecule has 8 heteroatoms. The maximum absolute atomic E-state index is 13.1. The number of hydrogen-bond acceptors (Lipinski definition) is 6. The highest BCUT2D eigenvalue weighted by Crippen LogP contribution is 2.35. The highest BCUT2D eigenvalue weighted by atomic mass is 32.1. The van der Waals surface area contributed by atoms with E-state index in [9.17, 15) is 9.59 Å². The fraction of sp³-hybridized carbons (Fsp3) is 0.435. The third-order valence-electron chi connectivity index (χ3n) is 5.42. The van der Waals surface area contributed by atoms with Crippen LogP contribution in [0, 0.1) is 5.92 Å². The molecule has 164 valence electrons. The number of amides is 1. The molecule has 0 bridgehead atoms. The molecule has 1 aromatic carbocycles. The summed E-state index contributed by atoms with van der Waals surface area (Å²) in [5.41, 5.74) is 1.56. The Labute approximate surface area is 185 Å². The lowest BCUT2D eigenvalue weighted by atomic mass is 9.89. The van der Waals surface area contributed by atoms with Gasteiger partial charge in [0.15, 0.2) is 11.5 Å². The molecular formula is C23H27N3O4S. The third-order valence-corrected chi connectivity index (χ3v) is 6.59. The minimum atomic E-state index is -0.299. The van der Waals surface area contributed by atoms with Crippen molar-refractivity contribution in [1.29, 1.82) is 0 Å². The van der Waals surface area contributed by atoms with Gasteiger partial charge in [0, 0.05) is 16.6 Å². The molecule has 0 aliphatic heterocycles. The maximum Gasteiger partial charge on any atom is 0.262 e. The topological polar surface area (TPSA) is 82.5 Å². The molecule has 4 rings (SSSR count). The van der Waals surface area contributed by atoms with Gasteiger partial charge in [-0.2, -0.15) is 0 Å². The molecule has 1 amide bonds. The lowest BCUT2D eigenvalue weighted by molar-refractivity contribution is -0.116. The SMILES string of the molecule is CCOc1ccc(NC(=O)Cn2cnc3sc4c(c3c2=O)CCC(C)C4)cc1OCC. The second kappa shape index (κ2) is 9.09. The van der Waals surface area contributed by atoms with Crippen LogP contribution in [0.3, 0.4) is 0 Å². The lowest BCUT2D eigenvalue weighted by Crippen LogP contribution is -2.28. The van der Waals surface area contributed by atoms with E-state index in [1.54, 1.807) is 29.5 Å². The number of nitrogens with one attached hydrogen (secondary N) is 1. The molecule has 2 aromatic heterocycles. The van der Waals surface area contributed by atoms with Gasteiger partial charge in [0.1, 0.15) is 11.4 Å². The Morgan fingerprint density at radius 2 is 2.03 bits per heavy atom. The Hall–Kier alpha value is -2.87. The quantitative estimate of drug-likeness (QED) is 0.599. The molecule has 1 aliphatic carbocycles. The number of carbonyl (C=O) groups is 1. The van der Waals surface area contributed by atoms with Gasteiger partial charge in [-0.1, -0.05) is 6.92 Å². The van der Waals surface area contributed by atoms with Gasteiger partial charge in [-0.15, -0.1) is 11.3 Å². The van der Waals surface area contributed by atoms with Crippen molar-refractivity contribution in [3.05, 3.63) is 45.3 Å². The van der Waals surface area contributed by atoms with Gasteiger partial charge in [-0.05, 0) is 56.7 Å². The second-order valence-corrected chi connectivity index (χ2v) is 8.87. The number of thiophene rings is 1. The molecule has 0 spiro atoms. The first-order valence-corrected chi connectivity index (χ1v) is 11.5. The van der Waals surface area contributed by atoms with Crippen LogP contribution >= 0.6 is 11.3 Å². The summed E-state index contributed by atoms with van der Waals surface area (Å²) >= 11 is 1.61. The molecule has 31 heavy (non-hydrogen) atoms. The number of fused-ring (bicyclic) bond motifs is 3. The zero-order valence-corrected chi connectivity index (χ0v) is 18.9. The van der Waals surface area contributed by atoms with E-state index in [0.29, 0.717) is 41.7 Å². The number of aromatic nitrogens is 2. The van der Waals surface area contributed by atoms with Crippen LogP contribution in [0.25, 0.3) is 10.2 Å². The van der Waals surface area contributed by atoms with Crippen molar-refractivity contribution in [2.45, 2.75) is 46.6 Å². The van der Waals surface area contributed by atoms with Crippen LogP contribution in [0.1, 0.15) is 37.6 Å². The zero-order valence-electron chi connectivity index (χ0n) is 18.1. The van der Waals surface area contributed by atoms with Crippen molar-refractivity contribution >= 4 is 33.1 Å². The van der Waals surface area contributed by atoms with Gasteiger partial charge in [-0.25, -0.2) is 4.98 Å². The zero-order chi connectivity index (χ0) is 22.0. The number of ether oxygens (including phenoxy) is 2. The van der Waals surface area contributed by atoms with Crippen LogP contribution in [0.15, 0.2) is 29.3 Å². The van der Waals surface area contributed by atoms with E-state index in [1.165, 1.54) is 15.8 Å². The van der Waals surface area contributed by atoms with Crippen LogP contribution in [0.5, 0.6) is 11.5 Å². The Bertz CT molecular complexity index is 1170. The Balaban J connectivity index is 1.54. The molecular weight excluding hydrogens is 414 g/mol. The number of rotatable bonds is 7. The van der Waals surface area contributed by atoms with Crippen molar-refractivity contribution in [2.24, 2.45) is 5.92 Å². The van der Waals surface area contributed by atoms with Crippen LogP contribution < -0.4 is 20.3 Å². The van der Waals surface area contributed by atoms with Crippen LogP contribution in [-0.2, 0) is 24.2 Å². The van der Waals surface area contributed by atoms with Gasteiger partial charge in [0.2, 0.25) is 5.91 Å². The maximum atomic E-state index is 13.1. The second-order valence-electron chi connectivity index (χ2n) is 7.79. The smallest absolute Gasteiger partial charge is 0.262 e. The Morgan fingerprint density at radius 1 is 1.26 bits per heavy atom. The number of benzene rings is 1. The fourth-order valence-electron chi connectivity index (χ4n) is 3.96. The third kappa shape index (κ3) is 4.44. The van der Waals surface area contributed by atoms with Crippen LogP contribution in [-0.4, -0.2) is 28.7 Å². The average Bonchev–Trinajstić information content (AvgIpc) is 3.10. The Kier molecular flexibility index (Phi) is 6.27. The molecule has 1 aliphatic rings. The first-order valence-electron chi connectivity index (χ1n) is 10.7. The molecule has 1 atom stereocenters. The summed E-state index contributed by atoms with van der Waals surface area (Å²) in [7, 11) is 0. The minimum absolute atomic E-state index is 0.0972. The summed E-state index contributed by atoms with van der Waals surface area (Å²) in [4.78, 5) is 32.3. The van der Waals surface area contributed by atoms with Gasteiger partial charge in [-0.3, -0.25) is 14.2 Å².